The Kier molecular flexibility index (Phi) is 3.67. The van der Waals surface area contributed by atoms with Crippen LogP contribution in [-0.2, 0) is 0 Å². The molecule has 0 heterocycles. The van der Waals surface area contributed by atoms with Gasteiger partial charge in [0.25, 0.3) is 5.91 Å². The highest BCUT2D eigenvalue weighted by Gasteiger charge is 2.12. The van der Waals surface area contributed by atoms with Gasteiger partial charge in [-0.3, -0.25) is 4.79 Å². The summed E-state index contributed by atoms with van der Waals surface area (Å²) in [6.07, 6.45) is 0. The quantitative estimate of drug-likeness (QED) is 0.888. The Morgan fingerprint density at radius 1 is 1.22 bits per heavy atom. The van der Waals surface area contributed by atoms with Gasteiger partial charge in [-0.1, -0.05) is 18.2 Å². The molecule has 4 heteroatoms. The summed E-state index contributed by atoms with van der Waals surface area (Å²) in [6, 6.07) is 12.3. The number of nitrogens with one attached hydrogen (secondary N) is 1. The van der Waals surface area contributed by atoms with Crippen molar-refractivity contribution in [1.82, 2.24) is 0 Å². The SMILES string of the molecule is Cc1ccc(C(=O)Nc2ccccc2Br)c(O)c1. The highest BCUT2D eigenvalue weighted by molar-refractivity contribution is 9.10. The fourth-order valence-electron chi connectivity index (χ4n) is 1.59. The highest BCUT2D eigenvalue weighted by atomic mass is 79.9. The summed E-state index contributed by atoms with van der Waals surface area (Å²) in [5.41, 5.74) is 1.84. The summed E-state index contributed by atoms with van der Waals surface area (Å²) in [7, 11) is 0. The zero-order valence-electron chi connectivity index (χ0n) is 9.77. The normalized spacial score (nSPS) is 10.1. The molecule has 2 rings (SSSR count). The van der Waals surface area contributed by atoms with Gasteiger partial charge in [-0.15, -0.1) is 0 Å². The molecule has 2 aromatic carbocycles. The number of amides is 1. The van der Waals surface area contributed by atoms with Gasteiger partial charge < -0.3 is 10.4 Å². The third kappa shape index (κ3) is 2.71. The fraction of sp³-hybridized carbons (Fsp3) is 0.0714. The number of phenolic OH excluding ortho intramolecular Hbond substituents is 1. The van der Waals surface area contributed by atoms with Crippen LogP contribution in [0.2, 0.25) is 0 Å². The average molecular weight is 306 g/mol. The molecule has 0 radical (unpaired) electrons. The zero-order chi connectivity index (χ0) is 13.1. The second-order valence-electron chi connectivity index (χ2n) is 3.95. The number of rotatable bonds is 2. The van der Waals surface area contributed by atoms with E-state index in [1.54, 1.807) is 24.3 Å². The van der Waals surface area contributed by atoms with Crippen LogP contribution in [0.1, 0.15) is 15.9 Å². The fourth-order valence-corrected chi connectivity index (χ4v) is 1.97. The number of anilines is 1. The monoisotopic (exact) mass is 305 g/mol. The van der Waals surface area contributed by atoms with Gasteiger partial charge in [0.05, 0.1) is 11.3 Å². The molecule has 2 N–H and O–H groups in total. The average Bonchev–Trinajstić information content (AvgIpc) is 2.32. The van der Waals surface area contributed by atoms with Crippen molar-refractivity contribution in [3.8, 4) is 5.75 Å². The van der Waals surface area contributed by atoms with Crippen molar-refractivity contribution in [2.24, 2.45) is 0 Å². The van der Waals surface area contributed by atoms with Gasteiger partial charge >= 0.3 is 0 Å². The molecule has 1 amide bonds. The summed E-state index contributed by atoms with van der Waals surface area (Å²) >= 11 is 3.35. The molecule has 0 saturated heterocycles. The molecule has 0 aliphatic heterocycles. The van der Waals surface area contributed by atoms with Gasteiger partial charge in [0.2, 0.25) is 0 Å². The number of aromatic hydroxyl groups is 1. The first-order valence-electron chi connectivity index (χ1n) is 5.43. The van der Waals surface area contributed by atoms with Crippen molar-refractivity contribution in [2.45, 2.75) is 6.92 Å². The van der Waals surface area contributed by atoms with Crippen molar-refractivity contribution in [3.63, 3.8) is 0 Å². The highest BCUT2D eigenvalue weighted by Crippen LogP contribution is 2.24. The number of carbonyl (C=O) groups is 1. The molecule has 0 bridgehead atoms. The number of hydrogen-bond acceptors (Lipinski definition) is 2. The van der Waals surface area contributed by atoms with Crippen LogP contribution >= 0.6 is 15.9 Å². The Balaban J connectivity index is 2.25. The number of benzene rings is 2. The minimum atomic E-state index is -0.334. The number of para-hydroxylation sites is 1. The summed E-state index contributed by atoms with van der Waals surface area (Å²) < 4.78 is 0.796. The lowest BCUT2D eigenvalue weighted by Crippen LogP contribution is -2.12. The molecule has 92 valence electrons. The molecule has 0 saturated carbocycles. The van der Waals surface area contributed by atoms with E-state index in [0.717, 1.165) is 10.0 Å². The topological polar surface area (TPSA) is 49.3 Å². The third-order valence-corrected chi connectivity index (χ3v) is 3.21. The Bertz CT molecular complexity index is 596. The Labute approximate surface area is 114 Å². The van der Waals surface area contributed by atoms with Crippen molar-refractivity contribution >= 4 is 27.5 Å². The minimum Gasteiger partial charge on any atom is -0.507 e. The van der Waals surface area contributed by atoms with E-state index in [1.165, 1.54) is 0 Å². The smallest absolute Gasteiger partial charge is 0.259 e. The van der Waals surface area contributed by atoms with E-state index in [4.69, 9.17) is 0 Å². The third-order valence-electron chi connectivity index (χ3n) is 2.52. The molecule has 2 aromatic rings. The number of aryl methyl sites for hydroxylation is 1. The second-order valence-corrected chi connectivity index (χ2v) is 4.81. The standard InChI is InChI=1S/C14H12BrNO2/c1-9-6-7-10(13(17)8-9)14(18)16-12-5-3-2-4-11(12)15/h2-8,17H,1H3,(H,16,18). The van der Waals surface area contributed by atoms with E-state index >= 15 is 0 Å². The molecule has 0 fully saturated rings. The molecule has 3 nitrogen and oxygen atoms in total. The molecule has 0 aliphatic rings. The van der Waals surface area contributed by atoms with Crippen molar-refractivity contribution in [3.05, 3.63) is 58.1 Å². The first-order valence-corrected chi connectivity index (χ1v) is 6.23. The van der Waals surface area contributed by atoms with Gasteiger partial charge in [-0.05, 0) is 52.7 Å². The van der Waals surface area contributed by atoms with E-state index in [0.29, 0.717) is 5.69 Å². The van der Waals surface area contributed by atoms with Gasteiger partial charge in [-0.2, -0.15) is 0 Å². The van der Waals surface area contributed by atoms with Gasteiger partial charge in [-0.25, -0.2) is 0 Å². The van der Waals surface area contributed by atoms with Gasteiger partial charge in [0.1, 0.15) is 5.75 Å². The molecule has 0 aliphatic carbocycles. The summed E-state index contributed by atoms with van der Waals surface area (Å²) in [5.74, 6) is -0.348. The molecule has 0 atom stereocenters. The first-order chi connectivity index (χ1) is 8.58. The second kappa shape index (κ2) is 5.23. The van der Waals surface area contributed by atoms with Crippen LogP contribution in [0.3, 0.4) is 0 Å². The van der Waals surface area contributed by atoms with E-state index in [1.807, 2.05) is 25.1 Å². The van der Waals surface area contributed by atoms with Gasteiger partial charge in [0, 0.05) is 4.47 Å². The predicted molar refractivity (Wildman–Crippen MR) is 74.9 cm³/mol. The molecular weight excluding hydrogens is 294 g/mol. The van der Waals surface area contributed by atoms with Crippen LogP contribution in [0.15, 0.2) is 46.9 Å². The maximum absolute atomic E-state index is 12.0. The van der Waals surface area contributed by atoms with Crippen LogP contribution in [0.25, 0.3) is 0 Å². The van der Waals surface area contributed by atoms with E-state index in [2.05, 4.69) is 21.2 Å². The summed E-state index contributed by atoms with van der Waals surface area (Å²) in [6.45, 7) is 1.86. The largest absolute Gasteiger partial charge is 0.507 e. The van der Waals surface area contributed by atoms with E-state index < -0.39 is 0 Å². The predicted octanol–water partition coefficient (Wildman–Crippen LogP) is 3.72. The maximum Gasteiger partial charge on any atom is 0.259 e. The molecule has 0 unspecified atom stereocenters. The Hall–Kier alpha value is -1.81. The van der Waals surface area contributed by atoms with Crippen LogP contribution in [0.4, 0.5) is 5.69 Å². The zero-order valence-corrected chi connectivity index (χ0v) is 11.4. The van der Waals surface area contributed by atoms with Crippen molar-refractivity contribution in [1.29, 1.82) is 0 Å². The molecule has 0 spiro atoms. The first kappa shape index (κ1) is 12.6. The van der Waals surface area contributed by atoms with Crippen molar-refractivity contribution < 1.29 is 9.90 Å². The van der Waals surface area contributed by atoms with E-state index in [9.17, 15) is 9.90 Å². The Morgan fingerprint density at radius 3 is 2.61 bits per heavy atom. The number of carbonyl (C=O) groups excluding carboxylic acids is 1. The lowest BCUT2D eigenvalue weighted by Gasteiger charge is -2.08. The number of phenols is 1. The lowest BCUT2D eigenvalue weighted by molar-refractivity contribution is 0.102. The molecule has 0 aromatic heterocycles. The van der Waals surface area contributed by atoms with Crippen LogP contribution in [-0.4, -0.2) is 11.0 Å². The summed E-state index contributed by atoms with van der Waals surface area (Å²) in [5, 5.41) is 12.5. The van der Waals surface area contributed by atoms with Crippen LogP contribution in [0.5, 0.6) is 5.75 Å². The summed E-state index contributed by atoms with van der Waals surface area (Å²) in [4.78, 5) is 12.0. The van der Waals surface area contributed by atoms with Crippen molar-refractivity contribution in [2.75, 3.05) is 5.32 Å². The Morgan fingerprint density at radius 2 is 1.94 bits per heavy atom. The van der Waals surface area contributed by atoms with Crippen LogP contribution in [0, 0.1) is 6.92 Å². The number of halogens is 1. The maximum atomic E-state index is 12.0. The molecule has 18 heavy (non-hydrogen) atoms. The number of hydrogen-bond donors (Lipinski definition) is 2. The lowest BCUT2D eigenvalue weighted by atomic mass is 10.1. The minimum absolute atomic E-state index is 0.0143. The molecular formula is C14H12BrNO2. The van der Waals surface area contributed by atoms with E-state index in [-0.39, 0.29) is 17.2 Å². The van der Waals surface area contributed by atoms with Gasteiger partial charge in [0.15, 0.2) is 0 Å². The van der Waals surface area contributed by atoms with Crippen LogP contribution < -0.4 is 5.32 Å².